The molecule has 4 nitrogen and oxygen atoms in total. The van der Waals surface area contributed by atoms with Crippen molar-refractivity contribution in [1.82, 2.24) is 10.2 Å². The van der Waals surface area contributed by atoms with Crippen LogP contribution in [0.15, 0.2) is 30.3 Å². The Morgan fingerprint density at radius 2 is 1.83 bits per heavy atom. The number of benzene rings is 1. The highest BCUT2D eigenvalue weighted by Gasteiger charge is 2.29. The minimum Gasteiger partial charge on any atom is -0.352 e. The van der Waals surface area contributed by atoms with Crippen molar-refractivity contribution in [2.75, 3.05) is 6.54 Å². The van der Waals surface area contributed by atoms with Gasteiger partial charge in [0.2, 0.25) is 11.8 Å². The summed E-state index contributed by atoms with van der Waals surface area (Å²) in [6.07, 6.45) is 6.36. The zero-order valence-electron chi connectivity index (χ0n) is 15.0. The monoisotopic (exact) mass is 330 g/mol. The molecule has 1 aliphatic rings. The lowest BCUT2D eigenvalue weighted by molar-refractivity contribution is -0.140. The fourth-order valence-corrected chi connectivity index (χ4v) is 3.47. The zero-order chi connectivity index (χ0) is 17.4. The quantitative estimate of drug-likeness (QED) is 0.795. The van der Waals surface area contributed by atoms with Crippen LogP contribution in [-0.2, 0) is 16.0 Å². The Kier molecular flexibility index (Phi) is 7.29. The summed E-state index contributed by atoms with van der Waals surface area (Å²) >= 11 is 0. The number of hydrogen-bond donors (Lipinski definition) is 1. The van der Waals surface area contributed by atoms with E-state index in [2.05, 4.69) is 17.4 Å². The smallest absolute Gasteiger partial charge is 0.243 e. The molecule has 0 aromatic heterocycles. The van der Waals surface area contributed by atoms with Gasteiger partial charge in [-0.3, -0.25) is 9.59 Å². The molecule has 1 saturated carbocycles. The third kappa shape index (κ3) is 5.08. The standard InChI is InChI=1S/C20H30N2O2/c1-3-18(20(24)21-17-12-8-9-13-17)22(19(23)4-2)15-14-16-10-6-5-7-11-16/h5-7,10-11,17-18H,3-4,8-9,12-15H2,1-2H3,(H,21,24)/t18-/m1/s1. The third-order valence-electron chi connectivity index (χ3n) is 4.87. The number of amides is 2. The lowest BCUT2D eigenvalue weighted by Gasteiger charge is -2.31. The molecule has 0 spiro atoms. The first-order valence-corrected chi connectivity index (χ1v) is 9.29. The van der Waals surface area contributed by atoms with Gasteiger partial charge in [-0.15, -0.1) is 0 Å². The Labute approximate surface area is 145 Å². The molecule has 0 heterocycles. The largest absolute Gasteiger partial charge is 0.352 e. The lowest BCUT2D eigenvalue weighted by atomic mass is 10.1. The van der Waals surface area contributed by atoms with Crippen LogP contribution in [-0.4, -0.2) is 35.3 Å². The van der Waals surface area contributed by atoms with Crippen LogP contribution in [0.1, 0.15) is 57.9 Å². The van der Waals surface area contributed by atoms with E-state index in [1.54, 1.807) is 4.90 Å². The summed E-state index contributed by atoms with van der Waals surface area (Å²) in [6, 6.07) is 10.1. The van der Waals surface area contributed by atoms with Crippen molar-refractivity contribution >= 4 is 11.8 Å². The van der Waals surface area contributed by atoms with Crippen LogP contribution in [0, 0.1) is 0 Å². The summed E-state index contributed by atoms with van der Waals surface area (Å²) in [5.74, 6) is 0.0682. The highest BCUT2D eigenvalue weighted by molar-refractivity contribution is 5.87. The molecule has 1 N–H and O–H groups in total. The number of nitrogens with one attached hydrogen (secondary N) is 1. The molecular weight excluding hydrogens is 300 g/mol. The highest BCUT2D eigenvalue weighted by atomic mass is 16.2. The van der Waals surface area contributed by atoms with Gasteiger partial charge in [0.25, 0.3) is 0 Å². The Hall–Kier alpha value is -1.84. The normalized spacial score (nSPS) is 15.9. The second-order valence-corrected chi connectivity index (χ2v) is 6.59. The van der Waals surface area contributed by atoms with E-state index < -0.39 is 0 Å². The van der Waals surface area contributed by atoms with Gasteiger partial charge in [-0.05, 0) is 31.2 Å². The number of hydrogen-bond acceptors (Lipinski definition) is 2. The average Bonchev–Trinajstić information content (AvgIpc) is 3.11. The molecule has 24 heavy (non-hydrogen) atoms. The molecule has 0 aliphatic heterocycles. The molecule has 0 unspecified atom stereocenters. The van der Waals surface area contributed by atoms with Crippen molar-refractivity contribution in [2.45, 2.75) is 70.9 Å². The van der Waals surface area contributed by atoms with Gasteiger partial charge in [0, 0.05) is 19.0 Å². The van der Waals surface area contributed by atoms with Crippen molar-refractivity contribution in [3.8, 4) is 0 Å². The fraction of sp³-hybridized carbons (Fsp3) is 0.600. The maximum absolute atomic E-state index is 12.7. The van der Waals surface area contributed by atoms with Gasteiger partial charge >= 0.3 is 0 Å². The van der Waals surface area contributed by atoms with Gasteiger partial charge in [0.05, 0.1) is 0 Å². The molecule has 0 bridgehead atoms. The van der Waals surface area contributed by atoms with Crippen LogP contribution in [0.4, 0.5) is 0 Å². The van der Waals surface area contributed by atoms with Gasteiger partial charge < -0.3 is 10.2 Å². The van der Waals surface area contributed by atoms with E-state index in [1.807, 2.05) is 32.0 Å². The van der Waals surface area contributed by atoms with E-state index in [-0.39, 0.29) is 17.9 Å². The Balaban J connectivity index is 2.02. The zero-order valence-corrected chi connectivity index (χ0v) is 15.0. The van der Waals surface area contributed by atoms with E-state index in [4.69, 9.17) is 0 Å². The van der Waals surface area contributed by atoms with E-state index in [0.29, 0.717) is 25.4 Å². The molecule has 2 rings (SSSR count). The summed E-state index contributed by atoms with van der Waals surface area (Å²) in [6.45, 7) is 4.43. The predicted octanol–water partition coefficient (Wildman–Crippen LogP) is 3.31. The molecule has 1 fully saturated rings. The van der Waals surface area contributed by atoms with E-state index in [9.17, 15) is 9.59 Å². The van der Waals surface area contributed by atoms with Gasteiger partial charge in [0.15, 0.2) is 0 Å². The Bertz CT molecular complexity index is 524. The first kappa shape index (κ1) is 18.5. The third-order valence-corrected chi connectivity index (χ3v) is 4.87. The Morgan fingerprint density at radius 3 is 2.42 bits per heavy atom. The number of carbonyl (C=O) groups is 2. The van der Waals surface area contributed by atoms with Crippen molar-refractivity contribution in [3.63, 3.8) is 0 Å². The fourth-order valence-electron chi connectivity index (χ4n) is 3.47. The second-order valence-electron chi connectivity index (χ2n) is 6.59. The predicted molar refractivity (Wildman–Crippen MR) is 96.6 cm³/mol. The number of carbonyl (C=O) groups excluding carboxylic acids is 2. The Morgan fingerprint density at radius 1 is 1.17 bits per heavy atom. The molecule has 0 radical (unpaired) electrons. The van der Waals surface area contributed by atoms with Crippen LogP contribution in [0.5, 0.6) is 0 Å². The SMILES string of the molecule is CCC(=O)N(CCc1ccccc1)[C@H](CC)C(=O)NC1CCCC1. The molecule has 1 atom stereocenters. The van der Waals surface area contributed by atoms with Crippen molar-refractivity contribution in [2.24, 2.45) is 0 Å². The molecule has 1 aliphatic carbocycles. The van der Waals surface area contributed by atoms with Crippen molar-refractivity contribution in [1.29, 1.82) is 0 Å². The van der Waals surface area contributed by atoms with Gasteiger partial charge in [-0.2, -0.15) is 0 Å². The average molecular weight is 330 g/mol. The molecule has 0 saturated heterocycles. The number of nitrogens with zero attached hydrogens (tertiary/aromatic N) is 1. The van der Waals surface area contributed by atoms with Gasteiger partial charge in [0.1, 0.15) is 6.04 Å². The van der Waals surface area contributed by atoms with Crippen molar-refractivity contribution in [3.05, 3.63) is 35.9 Å². The van der Waals surface area contributed by atoms with Gasteiger partial charge in [-0.1, -0.05) is 57.0 Å². The van der Waals surface area contributed by atoms with Crippen LogP contribution in [0.25, 0.3) is 0 Å². The van der Waals surface area contributed by atoms with Crippen LogP contribution in [0.2, 0.25) is 0 Å². The van der Waals surface area contributed by atoms with E-state index in [1.165, 1.54) is 18.4 Å². The lowest BCUT2D eigenvalue weighted by Crippen LogP contribution is -2.51. The maximum Gasteiger partial charge on any atom is 0.243 e. The van der Waals surface area contributed by atoms with Crippen LogP contribution < -0.4 is 5.32 Å². The topological polar surface area (TPSA) is 49.4 Å². The summed E-state index contributed by atoms with van der Waals surface area (Å²) in [4.78, 5) is 26.9. The summed E-state index contributed by atoms with van der Waals surface area (Å²) in [5, 5.41) is 3.15. The molecular formula is C20H30N2O2. The van der Waals surface area contributed by atoms with E-state index in [0.717, 1.165) is 19.3 Å². The molecule has 2 amide bonds. The summed E-state index contributed by atoms with van der Waals surface area (Å²) in [5.41, 5.74) is 1.19. The van der Waals surface area contributed by atoms with Crippen molar-refractivity contribution < 1.29 is 9.59 Å². The maximum atomic E-state index is 12.7. The number of rotatable bonds is 8. The van der Waals surface area contributed by atoms with E-state index >= 15 is 0 Å². The van der Waals surface area contributed by atoms with Crippen LogP contribution >= 0.6 is 0 Å². The molecule has 4 heteroatoms. The molecule has 1 aromatic rings. The molecule has 132 valence electrons. The highest BCUT2D eigenvalue weighted by Crippen LogP contribution is 2.18. The first-order chi connectivity index (χ1) is 11.7. The molecule has 1 aromatic carbocycles. The summed E-state index contributed by atoms with van der Waals surface area (Å²) < 4.78 is 0. The summed E-state index contributed by atoms with van der Waals surface area (Å²) in [7, 11) is 0. The minimum atomic E-state index is -0.359. The second kappa shape index (κ2) is 9.45. The first-order valence-electron chi connectivity index (χ1n) is 9.29. The van der Waals surface area contributed by atoms with Gasteiger partial charge in [-0.25, -0.2) is 0 Å². The van der Waals surface area contributed by atoms with Crippen LogP contribution in [0.3, 0.4) is 0 Å². The minimum absolute atomic E-state index is 0.0132.